The van der Waals surface area contributed by atoms with Crippen LogP contribution in [0.3, 0.4) is 0 Å². The van der Waals surface area contributed by atoms with Crippen LogP contribution in [0.15, 0.2) is 47.4 Å². The fourth-order valence-electron chi connectivity index (χ4n) is 3.79. The van der Waals surface area contributed by atoms with Gasteiger partial charge in [-0.3, -0.25) is 9.52 Å². The molecule has 1 heterocycles. The molecule has 0 aliphatic carbocycles. The van der Waals surface area contributed by atoms with Crippen molar-refractivity contribution in [2.45, 2.75) is 38.5 Å². The molecule has 2 aromatic carbocycles. The second-order valence-electron chi connectivity index (χ2n) is 8.57. The first kappa shape index (κ1) is 24.1. The Morgan fingerprint density at radius 1 is 1.09 bits per heavy atom. The van der Waals surface area contributed by atoms with E-state index >= 15 is 0 Å². The predicted octanol–water partition coefficient (Wildman–Crippen LogP) is 3.24. The number of piperazine rings is 1. The smallest absolute Gasteiger partial charge is 0.261 e. The minimum Gasteiger partial charge on any atom is -0.368 e. The fraction of sp³-hybridized carbons (Fsp3) is 0.458. The van der Waals surface area contributed by atoms with E-state index in [9.17, 15) is 13.2 Å². The minimum absolute atomic E-state index is 0.195. The van der Waals surface area contributed by atoms with Gasteiger partial charge in [0.05, 0.1) is 10.5 Å². The summed E-state index contributed by atoms with van der Waals surface area (Å²) in [6, 6.07) is 12.1. The van der Waals surface area contributed by atoms with Crippen LogP contribution in [-0.4, -0.2) is 47.0 Å². The standard InChI is InChI=1S/C24H34N4O3S/c1-4-11-26-24(29)22-17-20(7-10-23(22)28-14-12-25-13-15-28)27-32(30,31)21-8-5-19(6-9-21)16-18(2)3/h5-10,17-18,25,27H,4,11-16H2,1-3H3,(H,26,29). The van der Waals surface area contributed by atoms with Crippen molar-refractivity contribution in [2.75, 3.05) is 42.3 Å². The van der Waals surface area contributed by atoms with Crippen molar-refractivity contribution in [2.24, 2.45) is 5.92 Å². The topological polar surface area (TPSA) is 90.5 Å². The van der Waals surface area contributed by atoms with Gasteiger partial charge in [-0.25, -0.2) is 8.42 Å². The Labute approximate surface area is 191 Å². The molecule has 32 heavy (non-hydrogen) atoms. The monoisotopic (exact) mass is 458 g/mol. The van der Waals surface area contributed by atoms with Crippen molar-refractivity contribution in [1.29, 1.82) is 0 Å². The Kier molecular flexibility index (Phi) is 8.15. The summed E-state index contributed by atoms with van der Waals surface area (Å²) >= 11 is 0. The molecule has 1 aliphatic heterocycles. The number of carbonyl (C=O) groups is 1. The third-order valence-corrected chi connectivity index (χ3v) is 6.76. The van der Waals surface area contributed by atoms with Crippen molar-refractivity contribution in [3.8, 4) is 0 Å². The molecular weight excluding hydrogens is 424 g/mol. The van der Waals surface area contributed by atoms with Gasteiger partial charge < -0.3 is 15.5 Å². The Morgan fingerprint density at radius 2 is 1.78 bits per heavy atom. The van der Waals surface area contributed by atoms with Gasteiger partial charge in [-0.05, 0) is 54.7 Å². The summed E-state index contributed by atoms with van der Waals surface area (Å²) < 4.78 is 28.5. The second-order valence-corrected chi connectivity index (χ2v) is 10.3. The van der Waals surface area contributed by atoms with Gasteiger partial charge in [0, 0.05) is 44.1 Å². The zero-order valence-corrected chi connectivity index (χ0v) is 20.0. The highest BCUT2D eigenvalue weighted by molar-refractivity contribution is 7.92. The molecule has 7 nitrogen and oxygen atoms in total. The quantitative estimate of drug-likeness (QED) is 0.537. The molecule has 3 N–H and O–H groups in total. The number of benzene rings is 2. The molecule has 174 valence electrons. The van der Waals surface area contributed by atoms with Gasteiger partial charge in [-0.2, -0.15) is 0 Å². The van der Waals surface area contributed by atoms with Crippen LogP contribution >= 0.6 is 0 Å². The van der Waals surface area contributed by atoms with E-state index in [2.05, 4.69) is 34.1 Å². The third kappa shape index (κ3) is 6.23. The first-order chi connectivity index (χ1) is 15.3. The van der Waals surface area contributed by atoms with E-state index in [0.29, 0.717) is 23.7 Å². The number of nitrogens with one attached hydrogen (secondary N) is 3. The molecule has 0 spiro atoms. The van der Waals surface area contributed by atoms with E-state index in [4.69, 9.17) is 0 Å². The summed E-state index contributed by atoms with van der Waals surface area (Å²) in [4.78, 5) is 15.2. The van der Waals surface area contributed by atoms with Crippen LogP contribution in [-0.2, 0) is 16.4 Å². The Morgan fingerprint density at radius 3 is 2.41 bits per heavy atom. The molecule has 0 atom stereocenters. The van der Waals surface area contributed by atoms with E-state index in [0.717, 1.165) is 50.3 Å². The molecule has 8 heteroatoms. The molecule has 1 aliphatic rings. The first-order valence-electron chi connectivity index (χ1n) is 11.3. The highest BCUT2D eigenvalue weighted by atomic mass is 32.2. The molecule has 1 fully saturated rings. The van der Waals surface area contributed by atoms with E-state index in [1.807, 2.05) is 25.1 Å². The predicted molar refractivity (Wildman–Crippen MR) is 130 cm³/mol. The summed E-state index contributed by atoms with van der Waals surface area (Å²) in [5.74, 6) is 0.307. The third-order valence-electron chi connectivity index (χ3n) is 5.36. The average molecular weight is 459 g/mol. The molecule has 0 radical (unpaired) electrons. The van der Waals surface area contributed by atoms with Crippen LogP contribution in [0, 0.1) is 5.92 Å². The number of nitrogens with zero attached hydrogens (tertiary/aromatic N) is 1. The minimum atomic E-state index is -3.76. The van der Waals surface area contributed by atoms with Crippen molar-refractivity contribution >= 4 is 27.3 Å². The van der Waals surface area contributed by atoms with Crippen molar-refractivity contribution in [1.82, 2.24) is 10.6 Å². The second kappa shape index (κ2) is 10.8. The zero-order valence-electron chi connectivity index (χ0n) is 19.1. The Hall–Kier alpha value is -2.58. The maximum absolute atomic E-state index is 12.9. The molecule has 2 aromatic rings. The highest BCUT2D eigenvalue weighted by Crippen LogP contribution is 2.27. The number of rotatable bonds is 9. The summed E-state index contributed by atoms with van der Waals surface area (Å²) in [7, 11) is -3.76. The molecule has 0 bridgehead atoms. The van der Waals surface area contributed by atoms with Crippen molar-refractivity contribution in [3.05, 3.63) is 53.6 Å². The van der Waals surface area contributed by atoms with Crippen LogP contribution in [0.1, 0.15) is 43.1 Å². The first-order valence-corrected chi connectivity index (χ1v) is 12.8. The average Bonchev–Trinajstić information content (AvgIpc) is 2.77. The fourth-order valence-corrected chi connectivity index (χ4v) is 4.84. The van der Waals surface area contributed by atoms with Crippen LogP contribution in [0.25, 0.3) is 0 Å². The lowest BCUT2D eigenvalue weighted by Gasteiger charge is -2.31. The molecule has 0 unspecified atom stereocenters. The van der Waals surface area contributed by atoms with Gasteiger partial charge in [0.1, 0.15) is 0 Å². The SMILES string of the molecule is CCCNC(=O)c1cc(NS(=O)(=O)c2ccc(CC(C)C)cc2)ccc1N1CCNCC1. The summed E-state index contributed by atoms with van der Waals surface area (Å²) in [6.45, 7) is 10.1. The summed E-state index contributed by atoms with van der Waals surface area (Å²) in [6.07, 6.45) is 1.73. The van der Waals surface area contributed by atoms with Crippen molar-refractivity contribution < 1.29 is 13.2 Å². The maximum Gasteiger partial charge on any atom is 0.261 e. The van der Waals surface area contributed by atoms with Crippen LogP contribution in [0.5, 0.6) is 0 Å². The Balaban J connectivity index is 1.85. The van der Waals surface area contributed by atoms with Gasteiger partial charge in [0.25, 0.3) is 15.9 Å². The Bertz CT molecular complexity index is 1010. The molecule has 0 aromatic heterocycles. The van der Waals surface area contributed by atoms with Gasteiger partial charge in [-0.15, -0.1) is 0 Å². The maximum atomic E-state index is 12.9. The lowest BCUT2D eigenvalue weighted by molar-refractivity contribution is 0.0954. The number of hydrogen-bond donors (Lipinski definition) is 3. The number of carbonyl (C=O) groups excluding carboxylic acids is 1. The number of hydrogen-bond acceptors (Lipinski definition) is 5. The molecule has 1 saturated heterocycles. The van der Waals surface area contributed by atoms with Gasteiger partial charge in [-0.1, -0.05) is 32.9 Å². The van der Waals surface area contributed by atoms with E-state index in [1.165, 1.54) is 0 Å². The lowest BCUT2D eigenvalue weighted by Crippen LogP contribution is -2.44. The van der Waals surface area contributed by atoms with Crippen LogP contribution < -0.4 is 20.3 Å². The normalized spacial score (nSPS) is 14.4. The van der Waals surface area contributed by atoms with E-state index in [1.54, 1.807) is 24.3 Å². The van der Waals surface area contributed by atoms with Crippen molar-refractivity contribution in [3.63, 3.8) is 0 Å². The number of anilines is 2. The summed E-state index contributed by atoms with van der Waals surface area (Å²) in [5.41, 5.74) is 2.78. The number of amides is 1. The zero-order chi connectivity index (χ0) is 23.1. The van der Waals surface area contributed by atoms with E-state index < -0.39 is 10.0 Å². The molecular formula is C24H34N4O3S. The molecule has 1 amide bonds. The number of sulfonamides is 1. The summed E-state index contributed by atoms with van der Waals surface area (Å²) in [5, 5.41) is 6.22. The lowest BCUT2D eigenvalue weighted by atomic mass is 10.0. The van der Waals surface area contributed by atoms with Crippen LogP contribution in [0.2, 0.25) is 0 Å². The largest absolute Gasteiger partial charge is 0.368 e. The van der Waals surface area contributed by atoms with Gasteiger partial charge in [0.2, 0.25) is 0 Å². The van der Waals surface area contributed by atoms with E-state index in [-0.39, 0.29) is 10.8 Å². The van der Waals surface area contributed by atoms with Crippen LogP contribution in [0.4, 0.5) is 11.4 Å². The molecule has 3 rings (SSSR count). The molecule has 0 saturated carbocycles. The van der Waals surface area contributed by atoms with Gasteiger partial charge in [0.15, 0.2) is 0 Å². The highest BCUT2D eigenvalue weighted by Gasteiger charge is 2.21. The van der Waals surface area contributed by atoms with Gasteiger partial charge >= 0.3 is 0 Å².